The van der Waals surface area contributed by atoms with Crippen LogP contribution in [0.5, 0.6) is 0 Å². The summed E-state index contributed by atoms with van der Waals surface area (Å²) in [5.41, 5.74) is 13.6. The Kier molecular flexibility index (Phi) is 3.03. The van der Waals surface area contributed by atoms with Gasteiger partial charge in [0.1, 0.15) is 0 Å². The molecule has 0 spiro atoms. The quantitative estimate of drug-likeness (QED) is 0.850. The third-order valence-electron chi connectivity index (χ3n) is 4.09. The Hall–Kier alpha value is -1.45. The molecule has 3 nitrogen and oxygen atoms in total. The third kappa shape index (κ3) is 2.03. The van der Waals surface area contributed by atoms with E-state index in [0.717, 1.165) is 25.0 Å². The molecule has 2 N–H and O–H groups in total. The van der Waals surface area contributed by atoms with Gasteiger partial charge in [0.15, 0.2) is 0 Å². The zero-order valence-corrected chi connectivity index (χ0v) is 12.0. The largest absolute Gasteiger partial charge is 0.326 e. The molecule has 3 rings (SSSR count). The zero-order valence-electron chi connectivity index (χ0n) is 12.0. The van der Waals surface area contributed by atoms with Crippen molar-refractivity contribution in [3.8, 4) is 0 Å². The second-order valence-corrected chi connectivity index (χ2v) is 5.69. The molecule has 0 unspecified atom stereocenters. The van der Waals surface area contributed by atoms with Crippen LogP contribution in [0.25, 0.3) is 10.9 Å². The minimum Gasteiger partial charge on any atom is -0.326 e. The summed E-state index contributed by atoms with van der Waals surface area (Å²) in [7, 11) is 2.16. The molecule has 0 atom stereocenters. The predicted molar refractivity (Wildman–Crippen MR) is 79.1 cm³/mol. The molecule has 1 aliphatic rings. The van der Waals surface area contributed by atoms with Crippen molar-refractivity contribution in [3.63, 3.8) is 0 Å². The molecule has 0 saturated heterocycles. The molecule has 0 radical (unpaired) electrons. The van der Waals surface area contributed by atoms with Crippen molar-refractivity contribution < 1.29 is 0 Å². The Labute approximate surface area is 114 Å². The minimum absolute atomic E-state index is 0.595. The summed E-state index contributed by atoms with van der Waals surface area (Å²) in [5, 5.41) is 1.24. The molecule has 0 saturated carbocycles. The number of benzene rings is 1. The van der Waals surface area contributed by atoms with E-state index in [1.807, 2.05) is 0 Å². The van der Waals surface area contributed by atoms with Gasteiger partial charge < -0.3 is 10.6 Å². The number of hydrogen-bond acceptors (Lipinski definition) is 3. The maximum absolute atomic E-state index is 6.04. The lowest BCUT2D eigenvalue weighted by Gasteiger charge is -2.27. The summed E-state index contributed by atoms with van der Waals surface area (Å²) in [6.07, 6.45) is 1.03. The highest BCUT2D eigenvalue weighted by atomic mass is 15.1. The SMILES string of the molecule is Cc1cc(C)c2nc3c(c(CN)c2c1)CN(C)CC3. The predicted octanol–water partition coefficient (Wildman–Crippen LogP) is 2.30. The van der Waals surface area contributed by atoms with Gasteiger partial charge in [-0.15, -0.1) is 0 Å². The van der Waals surface area contributed by atoms with Crippen molar-refractivity contribution >= 4 is 10.9 Å². The van der Waals surface area contributed by atoms with E-state index in [-0.39, 0.29) is 0 Å². The molecule has 19 heavy (non-hydrogen) atoms. The zero-order chi connectivity index (χ0) is 13.6. The van der Waals surface area contributed by atoms with Gasteiger partial charge in [-0.25, -0.2) is 0 Å². The number of hydrogen-bond donors (Lipinski definition) is 1. The first kappa shape index (κ1) is 12.6. The normalized spacial score (nSPS) is 15.8. The Morgan fingerprint density at radius 1 is 1.32 bits per heavy atom. The topological polar surface area (TPSA) is 42.1 Å². The Morgan fingerprint density at radius 3 is 2.84 bits per heavy atom. The van der Waals surface area contributed by atoms with Crippen molar-refractivity contribution in [2.45, 2.75) is 33.4 Å². The van der Waals surface area contributed by atoms with Crippen LogP contribution >= 0.6 is 0 Å². The van der Waals surface area contributed by atoms with Crippen molar-refractivity contribution in [1.29, 1.82) is 0 Å². The molecular formula is C16H21N3. The van der Waals surface area contributed by atoms with Crippen LogP contribution in [0.1, 0.15) is 27.9 Å². The smallest absolute Gasteiger partial charge is 0.0738 e. The van der Waals surface area contributed by atoms with Crippen LogP contribution in [-0.4, -0.2) is 23.5 Å². The van der Waals surface area contributed by atoms with Crippen molar-refractivity contribution in [1.82, 2.24) is 9.88 Å². The third-order valence-corrected chi connectivity index (χ3v) is 4.09. The molecular weight excluding hydrogens is 234 g/mol. The molecule has 0 fully saturated rings. The summed E-state index contributed by atoms with van der Waals surface area (Å²) >= 11 is 0. The van der Waals surface area contributed by atoms with E-state index in [4.69, 9.17) is 10.7 Å². The second-order valence-electron chi connectivity index (χ2n) is 5.69. The van der Waals surface area contributed by atoms with Gasteiger partial charge in [-0.05, 0) is 43.7 Å². The fraction of sp³-hybridized carbons (Fsp3) is 0.438. The molecule has 1 aromatic heterocycles. The van der Waals surface area contributed by atoms with E-state index in [1.165, 1.54) is 33.3 Å². The number of pyridine rings is 1. The van der Waals surface area contributed by atoms with Crippen molar-refractivity contribution in [2.24, 2.45) is 5.73 Å². The maximum Gasteiger partial charge on any atom is 0.0738 e. The van der Waals surface area contributed by atoms with Gasteiger partial charge in [-0.3, -0.25) is 4.98 Å². The molecule has 0 amide bonds. The van der Waals surface area contributed by atoms with Gasteiger partial charge in [0, 0.05) is 37.1 Å². The number of fused-ring (bicyclic) bond motifs is 2. The number of aryl methyl sites for hydroxylation is 2. The van der Waals surface area contributed by atoms with Gasteiger partial charge in [0.25, 0.3) is 0 Å². The summed E-state index contributed by atoms with van der Waals surface area (Å²) in [6, 6.07) is 4.43. The summed E-state index contributed by atoms with van der Waals surface area (Å²) in [6.45, 7) is 6.93. The summed E-state index contributed by atoms with van der Waals surface area (Å²) < 4.78 is 0. The van der Waals surface area contributed by atoms with E-state index in [2.05, 4.69) is 37.9 Å². The monoisotopic (exact) mass is 255 g/mol. The molecule has 1 aromatic carbocycles. The molecule has 3 heteroatoms. The highest BCUT2D eigenvalue weighted by Gasteiger charge is 2.20. The van der Waals surface area contributed by atoms with Gasteiger partial charge in [0.05, 0.1) is 5.52 Å². The number of rotatable bonds is 1. The molecule has 2 aromatic rings. The number of nitrogens with two attached hydrogens (primary N) is 1. The van der Waals surface area contributed by atoms with Crippen LogP contribution in [0, 0.1) is 13.8 Å². The van der Waals surface area contributed by atoms with Crippen LogP contribution in [0.3, 0.4) is 0 Å². The first-order chi connectivity index (χ1) is 9.10. The standard InChI is InChI=1S/C16H21N3/c1-10-6-11(2)16-12(7-10)13(8-17)14-9-19(3)5-4-15(14)18-16/h6-7H,4-5,8-9,17H2,1-3H3. The lowest BCUT2D eigenvalue weighted by atomic mass is 9.94. The van der Waals surface area contributed by atoms with Crippen LogP contribution in [0.4, 0.5) is 0 Å². The Bertz CT molecular complexity index is 646. The van der Waals surface area contributed by atoms with Crippen LogP contribution < -0.4 is 5.73 Å². The second kappa shape index (κ2) is 4.58. The van der Waals surface area contributed by atoms with Gasteiger partial charge in [-0.1, -0.05) is 11.6 Å². The average molecular weight is 255 g/mol. The molecule has 100 valence electrons. The fourth-order valence-corrected chi connectivity index (χ4v) is 3.15. The van der Waals surface area contributed by atoms with Crippen LogP contribution in [0.15, 0.2) is 12.1 Å². The van der Waals surface area contributed by atoms with Crippen LogP contribution in [-0.2, 0) is 19.5 Å². The molecule has 0 bridgehead atoms. The Balaban J connectivity index is 2.36. The molecule has 0 aliphatic carbocycles. The molecule has 2 heterocycles. The first-order valence-corrected chi connectivity index (χ1v) is 6.90. The lowest BCUT2D eigenvalue weighted by molar-refractivity contribution is 0.309. The van der Waals surface area contributed by atoms with E-state index < -0.39 is 0 Å². The number of aromatic nitrogens is 1. The first-order valence-electron chi connectivity index (χ1n) is 6.90. The van der Waals surface area contributed by atoms with Gasteiger partial charge in [0.2, 0.25) is 0 Å². The van der Waals surface area contributed by atoms with E-state index in [9.17, 15) is 0 Å². The highest BCUT2D eigenvalue weighted by Crippen LogP contribution is 2.29. The lowest BCUT2D eigenvalue weighted by Crippen LogP contribution is -2.29. The van der Waals surface area contributed by atoms with E-state index in [1.54, 1.807) is 0 Å². The minimum atomic E-state index is 0.595. The average Bonchev–Trinajstić information content (AvgIpc) is 2.36. The summed E-state index contributed by atoms with van der Waals surface area (Å²) in [5.74, 6) is 0. The maximum atomic E-state index is 6.04. The van der Waals surface area contributed by atoms with Gasteiger partial charge in [-0.2, -0.15) is 0 Å². The van der Waals surface area contributed by atoms with E-state index >= 15 is 0 Å². The fourth-order valence-electron chi connectivity index (χ4n) is 3.15. The van der Waals surface area contributed by atoms with Crippen molar-refractivity contribution in [2.75, 3.05) is 13.6 Å². The highest BCUT2D eigenvalue weighted by molar-refractivity contribution is 5.87. The molecule has 1 aliphatic heterocycles. The van der Waals surface area contributed by atoms with E-state index in [0.29, 0.717) is 6.54 Å². The Morgan fingerprint density at radius 2 is 2.11 bits per heavy atom. The number of likely N-dealkylation sites (N-methyl/N-ethyl adjacent to an activating group) is 1. The van der Waals surface area contributed by atoms with Gasteiger partial charge >= 0.3 is 0 Å². The van der Waals surface area contributed by atoms with Crippen molar-refractivity contribution in [3.05, 3.63) is 40.1 Å². The summed E-state index contributed by atoms with van der Waals surface area (Å²) in [4.78, 5) is 7.26. The van der Waals surface area contributed by atoms with Crippen LogP contribution in [0.2, 0.25) is 0 Å². The number of nitrogens with zero attached hydrogens (tertiary/aromatic N) is 2.